The molecule has 0 saturated heterocycles. The predicted octanol–water partition coefficient (Wildman–Crippen LogP) is 3.39. The van der Waals surface area contributed by atoms with Crippen molar-refractivity contribution < 1.29 is 0 Å². The van der Waals surface area contributed by atoms with Crippen LogP contribution in [0.5, 0.6) is 0 Å². The first-order valence-corrected chi connectivity index (χ1v) is 6.99. The molecule has 0 spiro atoms. The fourth-order valence-corrected chi connectivity index (χ4v) is 2.69. The van der Waals surface area contributed by atoms with Gasteiger partial charge in [-0.1, -0.05) is 35.9 Å². The zero-order valence-electron chi connectivity index (χ0n) is 11.3. The highest BCUT2D eigenvalue weighted by Crippen LogP contribution is 2.28. The standard InChI is InChI=1S/C16H16ClN3/c1-20-15-7-6-12(17)10-14(15)19-16(20)13-5-3-2-4-11(13)8-9-18/h2-7,10H,8-9,18H2,1H3. The molecule has 0 atom stereocenters. The van der Waals surface area contributed by atoms with Gasteiger partial charge in [-0.25, -0.2) is 4.98 Å². The minimum Gasteiger partial charge on any atom is -0.330 e. The van der Waals surface area contributed by atoms with Crippen LogP contribution in [0, 0.1) is 0 Å². The van der Waals surface area contributed by atoms with E-state index in [4.69, 9.17) is 22.3 Å². The number of imidazole rings is 1. The average molecular weight is 286 g/mol. The Morgan fingerprint density at radius 3 is 2.80 bits per heavy atom. The third-order valence-corrected chi connectivity index (χ3v) is 3.75. The lowest BCUT2D eigenvalue weighted by atomic mass is 10.0. The minimum atomic E-state index is 0.632. The fourth-order valence-electron chi connectivity index (χ4n) is 2.53. The number of rotatable bonds is 3. The Hall–Kier alpha value is -1.84. The lowest BCUT2D eigenvalue weighted by molar-refractivity contribution is 0.937. The van der Waals surface area contributed by atoms with Crippen molar-refractivity contribution in [3.05, 3.63) is 53.1 Å². The molecule has 0 fully saturated rings. The van der Waals surface area contributed by atoms with Crippen LogP contribution in [-0.4, -0.2) is 16.1 Å². The summed E-state index contributed by atoms with van der Waals surface area (Å²) in [6.07, 6.45) is 0.847. The second-order valence-corrected chi connectivity index (χ2v) is 5.26. The van der Waals surface area contributed by atoms with E-state index < -0.39 is 0 Å². The van der Waals surface area contributed by atoms with Crippen LogP contribution < -0.4 is 5.73 Å². The molecule has 1 aromatic heterocycles. The first-order chi connectivity index (χ1) is 9.70. The second kappa shape index (κ2) is 5.27. The zero-order valence-corrected chi connectivity index (χ0v) is 12.1. The summed E-state index contributed by atoms with van der Waals surface area (Å²) in [5.41, 5.74) is 10.0. The highest BCUT2D eigenvalue weighted by atomic mass is 35.5. The Morgan fingerprint density at radius 1 is 1.20 bits per heavy atom. The van der Waals surface area contributed by atoms with E-state index in [1.165, 1.54) is 5.56 Å². The van der Waals surface area contributed by atoms with E-state index in [2.05, 4.69) is 16.7 Å². The molecule has 2 N–H and O–H groups in total. The third kappa shape index (κ3) is 2.19. The lowest BCUT2D eigenvalue weighted by Gasteiger charge is -2.08. The smallest absolute Gasteiger partial charge is 0.141 e. The quantitative estimate of drug-likeness (QED) is 0.801. The summed E-state index contributed by atoms with van der Waals surface area (Å²) in [5, 5.41) is 0.706. The van der Waals surface area contributed by atoms with Crippen LogP contribution in [0.25, 0.3) is 22.4 Å². The van der Waals surface area contributed by atoms with Crippen molar-refractivity contribution in [3.63, 3.8) is 0 Å². The van der Waals surface area contributed by atoms with E-state index >= 15 is 0 Å². The number of halogens is 1. The second-order valence-electron chi connectivity index (χ2n) is 4.82. The Bertz CT molecular complexity index is 762. The predicted molar refractivity (Wildman–Crippen MR) is 83.9 cm³/mol. The van der Waals surface area contributed by atoms with Gasteiger partial charge in [-0.3, -0.25) is 0 Å². The van der Waals surface area contributed by atoms with Gasteiger partial charge in [0, 0.05) is 17.6 Å². The summed E-state index contributed by atoms with van der Waals surface area (Å²) in [7, 11) is 2.03. The number of benzene rings is 2. The van der Waals surface area contributed by atoms with Crippen molar-refractivity contribution in [2.45, 2.75) is 6.42 Å². The zero-order chi connectivity index (χ0) is 14.1. The number of hydrogen-bond acceptors (Lipinski definition) is 2. The molecule has 4 heteroatoms. The number of nitrogens with two attached hydrogens (primary N) is 1. The first-order valence-electron chi connectivity index (χ1n) is 6.61. The summed E-state index contributed by atoms with van der Waals surface area (Å²) in [6, 6.07) is 14.0. The maximum atomic E-state index is 6.04. The summed E-state index contributed by atoms with van der Waals surface area (Å²) in [6.45, 7) is 0.632. The van der Waals surface area contributed by atoms with E-state index in [-0.39, 0.29) is 0 Å². The van der Waals surface area contributed by atoms with Gasteiger partial charge < -0.3 is 10.3 Å². The Morgan fingerprint density at radius 2 is 2.00 bits per heavy atom. The molecule has 1 heterocycles. The third-order valence-electron chi connectivity index (χ3n) is 3.51. The maximum absolute atomic E-state index is 6.04. The summed E-state index contributed by atoms with van der Waals surface area (Å²) in [4.78, 5) is 4.72. The fraction of sp³-hybridized carbons (Fsp3) is 0.188. The summed E-state index contributed by atoms with van der Waals surface area (Å²) >= 11 is 6.04. The van der Waals surface area contributed by atoms with Crippen LogP contribution in [0.15, 0.2) is 42.5 Å². The van der Waals surface area contributed by atoms with Crippen molar-refractivity contribution in [2.75, 3.05) is 6.54 Å². The van der Waals surface area contributed by atoms with Crippen LogP contribution >= 0.6 is 11.6 Å². The van der Waals surface area contributed by atoms with E-state index in [1.807, 2.05) is 37.4 Å². The molecule has 0 amide bonds. The molecule has 20 heavy (non-hydrogen) atoms. The van der Waals surface area contributed by atoms with Crippen molar-refractivity contribution >= 4 is 22.6 Å². The monoisotopic (exact) mass is 285 g/mol. The summed E-state index contributed by atoms with van der Waals surface area (Å²) in [5.74, 6) is 0.950. The van der Waals surface area contributed by atoms with Crippen molar-refractivity contribution in [1.29, 1.82) is 0 Å². The van der Waals surface area contributed by atoms with Gasteiger partial charge in [0.15, 0.2) is 0 Å². The molecular weight excluding hydrogens is 270 g/mol. The van der Waals surface area contributed by atoms with Crippen LogP contribution in [0.2, 0.25) is 5.02 Å². The average Bonchev–Trinajstić information content (AvgIpc) is 2.76. The van der Waals surface area contributed by atoms with E-state index in [1.54, 1.807) is 0 Å². The Kier molecular flexibility index (Phi) is 3.47. The molecule has 3 rings (SSSR count). The largest absolute Gasteiger partial charge is 0.330 e. The molecule has 3 aromatic rings. The van der Waals surface area contributed by atoms with Gasteiger partial charge in [-0.2, -0.15) is 0 Å². The van der Waals surface area contributed by atoms with Crippen molar-refractivity contribution in [1.82, 2.24) is 9.55 Å². The molecule has 0 unspecified atom stereocenters. The van der Waals surface area contributed by atoms with Crippen LogP contribution in [0.1, 0.15) is 5.56 Å². The van der Waals surface area contributed by atoms with Crippen molar-refractivity contribution in [2.24, 2.45) is 12.8 Å². The molecule has 0 bridgehead atoms. The lowest BCUT2D eigenvalue weighted by Crippen LogP contribution is -2.05. The van der Waals surface area contributed by atoms with Gasteiger partial charge in [-0.05, 0) is 36.7 Å². The number of nitrogens with zero attached hydrogens (tertiary/aromatic N) is 2. The molecule has 2 aromatic carbocycles. The van der Waals surface area contributed by atoms with Gasteiger partial charge in [0.05, 0.1) is 11.0 Å². The Labute approximate surface area is 123 Å². The SMILES string of the molecule is Cn1c(-c2ccccc2CCN)nc2cc(Cl)ccc21. The molecular formula is C16H16ClN3. The number of aromatic nitrogens is 2. The first kappa shape index (κ1) is 13.2. The van der Waals surface area contributed by atoms with Gasteiger partial charge in [-0.15, -0.1) is 0 Å². The maximum Gasteiger partial charge on any atom is 0.141 e. The highest BCUT2D eigenvalue weighted by Gasteiger charge is 2.12. The van der Waals surface area contributed by atoms with Gasteiger partial charge in [0.2, 0.25) is 0 Å². The van der Waals surface area contributed by atoms with Gasteiger partial charge in [0.1, 0.15) is 5.82 Å². The molecule has 3 nitrogen and oxygen atoms in total. The van der Waals surface area contributed by atoms with Crippen LogP contribution in [-0.2, 0) is 13.5 Å². The normalized spacial score (nSPS) is 11.2. The topological polar surface area (TPSA) is 43.8 Å². The van der Waals surface area contributed by atoms with Crippen LogP contribution in [0.4, 0.5) is 0 Å². The molecule has 0 radical (unpaired) electrons. The van der Waals surface area contributed by atoms with E-state index in [0.29, 0.717) is 11.6 Å². The molecule has 0 aliphatic rings. The highest BCUT2D eigenvalue weighted by molar-refractivity contribution is 6.31. The molecule has 102 valence electrons. The van der Waals surface area contributed by atoms with E-state index in [9.17, 15) is 0 Å². The van der Waals surface area contributed by atoms with Crippen molar-refractivity contribution in [3.8, 4) is 11.4 Å². The van der Waals surface area contributed by atoms with Gasteiger partial charge >= 0.3 is 0 Å². The minimum absolute atomic E-state index is 0.632. The molecule has 0 aliphatic carbocycles. The molecule has 0 aliphatic heterocycles. The number of hydrogen-bond donors (Lipinski definition) is 1. The Balaban J connectivity index is 2.22. The number of aryl methyl sites for hydroxylation is 1. The van der Waals surface area contributed by atoms with Gasteiger partial charge in [0.25, 0.3) is 0 Å². The number of fused-ring (bicyclic) bond motifs is 1. The molecule has 0 saturated carbocycles. The summed E-state index contributed by atoms with van der Waals surface area (Å²) < 4.78 is 2.10. The van der Waals surface area contributed by atoms with Crippen LogP contribution in [0.3, 0.4) is 0 Å². The van der Waals surface area contributed by atoms with E-state index in [0.717, 1.165) is 28.8 Å².